The molecule has 0 bridgehead atoms. The maximum absolute atomic E-state index is 3.62. The minimum absolute atomic E-state index is 1.05. The predicted octanol–water partition coefficient (Wildman–Crippen LogP) is 4.24. The van der Waals surface area contributed by atoms with Crippen LogP contribution in [0.15, 0.2) is 42.7 Å². The Labute approximate surface area is 124 Å². The highest BCUT2D eigenvalue weighted by atomic mass is 14.9. The van der Waals surface area contributed by atoms with E-state index in [9.17, 15) is 0 Å². The third-order valence-corrected chi connectivity index (χ3v) is 4.66. The molecule has 0 atom stereocenters. The van der Waals surface area contributed by atoms with E-state index in [-0.39, 0.29) is 0 Å². The van der Waals surface area contributed by atoms with E-state index in [1.165, 1.54) is 44.0 Å². The molecule has 0 aliphatic carbocycles. The number of pyridine rings is 2. The minimum Gasteiger partial charge on any atom is -0.349 e. The predicted molar refractivity (Wildman–Crippen MR) is 87.8 cm³/mol. The van der Waals surface area contributed by atoms with Crippen molar-refractivity contribution in [2.75, 3.05) is 0 Å². The number of aromatic nitrogens is 2. The Balaban J connectivity index is 2.30. The van der Waals surface area contributed by atoms with Crippen LogP contribution in [-0.2, 0) is 6.42 Å². The van der Waals surface area contributed by atoms with E-state index in [1.807, 2.05) is 0 Å². The monoisotopic (exact) mass is 275 g/mol. The molecule has 4 rings (SSSR count). The van der Waals surface area contributed by atoms with E-state index < -0.39 is 0 Å². The van der Waals surface area contributed by atoms with Crippen molar-refractivity contribution in [2.24, 2.45) is 0 Å². The molecule has 1 N–H and O–H groups in total. The summed E-state index contributed by atoms with van der Waals surface area (Å²) in [5.41, 5.74) is 7.96. The maximum Gasteiger partial charge on any atom is 0.238 e. The first kappa shape index (κ1) is 12.4. The zero-order valence-corrected chi connectivity index (χ0v) is 12.7. The van der Waals surface area contributed by atoms with Crippen LogP contribution in [-0.4, -0.2) is 4.98 Å². The molecule has 3 aromatic heterocycles. The number of para-hydroxylation sites is 1. The van der Waals surface area contributed by atoms with Gasteiger partial charge >= 0.3 is 0 Å². The van der Waals surface area contributed by atoms with Crippen LogP contribution in [0.1, 0.15) is 23.6 Å². The Morgan fingerprint density at radius 1 is 1.05 bits per heavy atom. The highest BCUT2D eigenvalue weighted by molar-refractivity contribution is 6.11. The lowest BCUT2D eigenvalue weighted by atomic mass is 10.0. The lowest BCUT2D eigenvalue weighted by Crippen LogP contribution is -2.24. The molecule has 0 amide bonds. The van der Waals surface area contributed by atoms with Gasteiger partial charge in [-0.2, -0.15) is 4.40 Å². The number of hydrogen-bond donors (Lipinski definition) is 1. The number of benzene rings is 1. The highest BCUT2D eigenvalue weighted by Gasteiger charge is 2.19. The molecule has 2 nitrogen and oxygen atoms in total. The molecule has 0 saturated carbocycles. The van der Waals surface area contributed by atoms with Gasteiger partial charge in [-0.25, -0.2) is 0 Å². The fourth-order valence-electron chi connectivity index (χ4n) is 3.45. The van der Waals surface area contributed by atoms with Crippen LogP contribution in [0, 0.1) is 13.8 Å². The molecule has 0 aliphatic heterocycles. The Hall–Kier alpha value is -2.35. The summed E-state index contributed by atoms with van der Waals surface area (Å²) < 4.78 is 2.26. The number of aryl methyl sites for hydroxylation is 2. The summed E-state index contributed by atoms with van der Waals surface area (Å²) in [5, 5.41) is 2.61. The van der Waals surface area contributed by atoms with Gasteiger partial charge < -0.3 is 4.98 Å². The Morgan fingerprint density at radius 3 is 2.67 bits per heavy atom. The van der Waals surface area contributed by atoms with Gasteiger partial charge in [0.1, 0.15) is 5.52 Å². The molecule has 0 unspecified atom stereocenters. The van der Waals surface area contributed by atoms with E-state index in [0.717, 1.165) is 6.42 Å². The second-order valence-electron chi connectivity index (χ2n) is 5.80. The Kier molecular flexibility index (Phi) is 2.55. The lowest BCUT2D eigenvalue weighted by molar-refractivity contribution is -0.511. The molecule has 0 saturated heterocycles. The average molecular weight is 275 g/mol. The second-order valence-corrected chi connectivity index (χ2v) is 5.80. The van der Waals surface area contributed by atoms with Crippen molar-refractivity contribution >= 4 is 27.3 Å². The molecule has 3 heterocycles. The standard InChI is InChI=1S/C19H18N2/c1-4-14-13(3)12(2)11-21-10-9-16-15-7-5-6-8-17(15)20-18(16)19(14)21/h5-11H,4H2,1-3H3/p+1. The van der Waals surface area contributed by atoms with Crippen LogP contribution in [0.2, 0.25) is 0 Å². The van der Waals surface area contributed by atoms with Gasteiger partial charge in [0.25, 0.3) is 0 Å². The van der Waals surface area contributed by atoms with Crippen LogP contribution >= 0.6 is 0 Å². The highest BCUT2D eigenvalue weighted by Crippen LogP contribution is 2.29. The second kappa shape index (κ2) is 4.32. The normalized spacial score (nSPS) is 11.8. The number of fused-ring (bicyclic) bond motifs is 5. The maximum atomic E-state index is 3.62. The molecule has 0 radical (unpaired) electrons. The summed E-state index contributed by atoms with van der Waals surface area (Å²) in [6, 6.07) is 10.8. The van der Waals surface area contributed by atoms with Gasteiger partial charge in [0.05, 0.1) is 0 Å². The first-order valence-corrected chi connectivity index (χ1v) is 7.54. The average Bonchev–Trinajstić information content (AvgIpc) is 2.87. The molecular weight excluding hydrogens is 256 g/mol. The van der Waals surface area contributed by atoms with Crippen LogP contribution in [0.4, 0.5) is 0 Å². The fourth-order valence-corrected chi connectivity index (χ4v) is 3.45. The summed E-state index contributed by atoms with van der Waals surface area (Å²) >= 11 is 0. The van der Waals surface area contributed by atoms with Crippen LogP contribution in [0.3, 0.4) is 0 Å². The Morgan fingerprint density at radius 2 is 1.86 bits per heavy atom. The van der Waals surface area contributed by atoms with E-state index in [2.05, 4.69) is 72.9 Å². The van der Waals surface area contributed by atoms with Crippen molar-refractivity contribution in [3.8, 4) is 0 Å². The van der Waals surface area contributed by atoms with Crippen molar-refractivity contribution in [3.05, 3.63) is 59.4 Å². The van der Waals surface area contributed by atoms with Gasteiger partial charge in [0, 0.05) is 33.5 Å². The number of aromatic amines is 1. The molecule has 0 aliphatic rings. The molecule has 2 heteroatoms. The molecule has 4 aromatic rings. The molecule has 21 heavy (non-hydrogen) atoms. The van der Waals surface area contributed by atoms with Crippen LogP contribution in [0.5, 0.6) is 0 Å². The van der Waals surface area contributed by atoms with Crippen molar-refractivity contribution in [1.82, 2.24) is 4.98 Å². The molecule has 104 valence electrons. The summed E-state index contributed by atoms with van der Waals surface area (Å²) in [5.74, 6) is 0. The summed E-state index contributed by atoms with van der Waals surface area (Å²) in [6.45, 7) is 6.66. The van der Waals surface area contributed by atoms with Gasteiger partial charge in [0.15, 0.2) is 12.4 Å². The first-order chi connectivity index (χ1) is 10.2. The van der Waals surface area contributed by atoms with Gasteiger partial charge in [-0.05, 0) is 31.9 Å². The molecule has 0 fully saturated rings. The third kappa shape index (κ3) is 1.62. The smallest absolute Gasteiger partial charge is 0.238 e. The minimum atomic E-state index is 1.05. The number of nitrogens with zero attached hydrogens (tertiary/aromatic N) is 1. The van der Waals surface area contributed by atoms with Crippen molar-refractivity contribution in [2.45, 2.75) is 27.2 Å². The van der Waals surface area contributed by atoms with Crippen LogP contribution < -0.4 is 4.40 Å². The van der Waals surface area contributed by atoms with Gasteiger partial charge in [-0.3, -0.25) is 0 Å². The van der Waals surface area contributed by atoms with Gasteiger partial charge in [-0.15, -0.1) is 0 Å². The zero-order valence-electron chi connectivity index (χ0n) is 12.7. The fraction of sp³-hybridized carbons (Fsp3) is 0.211. The third-order valence-electron chi connectivity index (χ3n) is 4.66. The molecular formula is C19H19N2+. The van der Waals surface area contributed by atoms with E-state index in [1.54, 1.807) is 0 Å². The van der Waals surface area contributed by atoms with Gasteiger partial charge in [0.2, 0.25) is 5.52 Å². The lowest BCUT2D eigenvalue weighted by Gasteiger charge is -2.06. The summed E-state index contributed by atoms with van der Waals surface area (Å²) in [6.07, 6.45) is 5.46. The number of hydrogen-bond acceptors (Lipinski definition) is 0. The van der Waals surface area contributed by atoms with Crippen molar-refractivity contribution in [1.29, 1.82) is 0 Å². The van der Waals surface area contributed by atoms with Gasteiger partial charge in [-0.1, -0.05) is 25.1 Å². The van der Waals surface area contributed by atoms with Crippen LogP contribution in [0.25, 0.3) is 27.3 Å². The summed E-state index contributed by atoms with van der Waals surface area (Å²) in [7, 11) is 0. The van der Waals surface area contributed by atoms with E-state index >= 15 is 0 Å². The summed E-state index contributed by atoms with van der Waals surface area (Å²) in [4.78, 5) is 3.62. The number of nitrogens with one attached hydrogen (secondary N) is 1. The number of rotatable bonds is 1. The topological polar surface area (TPSA) is 19.9 Å². The van der Waals surface area contributed by atoms with E-state index in [4.69, 9.17) is 0 Å². The van der Waals surface area contributed by atoms with Crippen molar-refractivity contribution < 1.29 is 4.40 Å². The number of H-pyrrole nitrogens is 1. The molecule has 0 spiro atoms. The zero-order chi connectivity index (χ0) is 14.6. The quantitative estimate of drug-likeness (QED) is 0.501. The first-order valence-electron chi connectivity index (χ1n) is 7.54. The SMILES string of the molecule is CCc1c(C)c(C)c[n+]2ccc3c4ccccc4[nH]c3c12. The largest absolute Gasteiger partial charge is 0.349 e. The van der Waals surface area contributed by atoms with Crippen molar-refractivity contribution in [3.63, 3.8) is 0 Å². The van der Waals surface area contributed by atoms with E-state index in [0.29, 0.717) is 0 Å². The molecule has 1 aromatic carbocycles. The Bertz CT molecular complexity index is 993.